The summed E-state index contributed by atoms with van der Waals surface area (Å²) in [6.45, 7) is 3.83. The van der Waals surface area contributed by atoms with Gasteiger partial charge in [-0.3, -0.25) is 9.55 Å². The Hall–Kier alpha value is -3.35. The fourth-order valence-electron chi connectivity index (χ4n) is 3.07. The predicted octanol–water partition coefficient (Wildman–Crippen LogP) is 4.44. The minimum Gasteiger partial charge on any atom is -0.480 e. The van der Waals surface area contributed by atoms with Crippen molar-refractivity contribution >= 4 is 12.7 Å². The van der Waals surface area contributed by atoms with E-state index in [1.807, 2.05) is 37.3 Å². The maximum atomic E-state index is 12.6. The van der Waals surface area contributed by atoms with Gasteiger partial charge in [0.1, 0.15) is 17.0 Å². The molecule has 0 spiro atoms. The third kappa shape index (κ3) is 4.40. The lowest BCUT2D eigenvalue weighted by atomic mass is 10.1. The smallest absolute Gasteiger partial charge is 0.229 e. The third-order valence-corrected chi connectivity index (χ3v) is 6.61. The number of benzene rings is 1. The Bertz CT molecular complexity index is 1230. The molecule has 4 rings (SSSR count). The van der Waals surface area contributed by atoms with Gasteiger partial charge in [0.25, 0.3) is 0 Å². The molecule has 1 aromatic carbocycles. The van der Waals surface area contributed by atoms with Gasteiger partial charge in [0, 0.05) is 36.0 Å². The van der Waals surface area contributed by atoms with E-state index < -0.39 is 7.37 Å². The van der Waals surface area contributed by atoms with E-state index in [9.17, 15) is 4.57 Å². The van der Waals surface area contributed by atoms with Crippen molar-refractivity contribution in [2.45, 2.75) is 6.92 Å². The van der Waals surface area contributed by atoms with Crippen LogP contribution in [0.3, 0.4) is 0 Å². The average molecular weight is 436 g/mol. The molecule has 0 radical (unpaired) electrons. The molecule has 0 bridgehead atoms. The van der Waals surface area contributed by atoms with Gasteiger partial charge in [-0.15, -0.1) is 0 Å². The highest BCUT2D eigenvalue weighted by Crippen LogP contribution is 2.41. The van der Waals surface area contributed by atoms with Crippen LogP contribution in [0.15, 0.2) is 65.4 Å². The zero-order chi connectivity index (χ0) is 21.8. The van der Waals surface area contributed by atoms with Crippen molar-refractivity contribution in [3.05, 3.63) is 60.9 Å². The molecule has 0 saturated heterocycles. The number of nitrogens with zero attached hydrogens (tertiary/aromatic N) is 4. The number of hydrogen-bond acceptors (Lipinski definition) is 8. The van der Waals surface area contributed by atoms with E-state index in [-0.39, 0.29) is 0 Å². The predicted molar refractivity (Wildman–Crippen MR) is 118 cm³/mol. The lowest BCUT2D eigenvalue weighted by Crippen LogP contribution is -2.06. The molecule has 4 aromatic rings. The Kier molecular flexibility index (Phi) is 5.93. The lowest BCUT2D eigenvalue weighted by molar-refractivity contribution is 0.345. The quantitative estimate of drug-likeness (QED) is 0.392. The summed E-state index contributed by atoms with van der Waals surface area (Å²) in [6.07, 6.45) is 3.30. The van der Waals surface area contributed by atoms with Gasteiger partial charge >= 0.3 is 0 Å². The minimum absolute atomic E-state index is 0.359. The van der Waals surface area contributed by atoms with Gasteiger partial charge < -0.3 is 13.8 Å². The molecule has 1 unspecified atom stereocenters. The monoisotopic (exact) mass is 436 g/mol. The van der Waals surface area contributed by atoms with Gasteiger partial charge in [0.15, 0.2) is 11.6 Å². The molecule has 0 aliphatic carbocycles. The largest absolute Gasteiger partial charge is 0.480 e. The van der Waals surface area contributed by atoms with Crippen LogP contribution < -0.4 is 10.0 Å². The fourth-order valence-corrected chi connectivity index (χ4v) is 4.40. The third-order valence-electron chi connectivity index (χ3n) is 4.62. The summed E-state index contributed by atoms with van der Waals surface area (Å²) in [7, 11) is -1.29. The molecule has 0 saturated carbocycles. The van der Waals surface area contributed by atoms with E-state index in [1.165, 1.54) is 7.11 Å². The second-order valence-corrected chi connectivity index (χ2v) is 9.18. The minimum atomic E-state index is -2.82. The van der Waals surface area contributed by atoms with E-state index in [4.69, 9.17) is 13.8 Å². The molecule has 8 nitrogen and oxygen atoms in total. The Morgan fingerprint density at radius 1 is 1.06 bits per heavy atom. The Morgan fingerprint density at radius 3 is 2.55 bits per heavy atom. The maximum Gasteiger partial charge on any atom is 0.229 e. The second-order valence-electron chi connectivity index (χ2n) is 6.72. The van der Waals surface area contributed by atoms with Gasteiger partial charge in [-0.1, -0.05) is 23.4 Å². The van der Waals surface area contributed by atoms with Crippen LogP contribution >= 0.6 is 7.37 Å². The van der Waals surface area contributed by atoms with Crippen LogP contribution in [0.5, 0.6) is 5.88 Å². The summed E-state index contributed by atoms with van der Waals surface area (Å²) in [5, 5.41) is 4.80. The molecular weight excluding hydrogens is 415 g/mol. The number of aromatic nitrogens is 4. The van der Waals surface area contributed by atoms with Crippen LogP contribution in [0.4, 0.5) is 0 Å². The van der Waals surface area contributed by atoms with Crippen LogP contribution in [-0.2, 0) is 9.09 Å². The summed E-state index contributed by atoms with van der Waals surface area (Å²) >= 11 is 0. The highest BCUT2D eigenvalue weighted by Gasteiger charge is 2.20. The van der Waals surface area contributed by atoms with Crippen molar-refractivity contribution in [2.75, 3.05) is 20.4 Å². The zero-order valence-corrected chi connectivity index (χ0v) is 18.2. The molecule has 0 amide bonds. The topological polar surface area (TPSA) is 100 Å². The zero-order valence-electron chi connectivity index (χ0n) is 17.3. The number of ether oxygens (including phenoxy) is 1. The highest BCUT2D eigenvalue weighted by atomic mass is 31.2. The van der Waals surface area contributed by atoms with E-state index in [0.717, 1.165) is 5.56 Å². The normalized spacial score (nSPS) is 13.0. The molecule has 0 N–H and O–H groups in total. The molecule has 9 heteroatoms. The molecule has 31 heavy (non-hydrogen) atoms. The first-order valence-electron chi connectivity index (χ1n) is 9.64. The van der Waals surface area contributed by atoms with Crippen molar-refractivity contribution in [1.82, 2.24) is 20.1 Å². The number of hydrogen-bond donors (Lipinski definition) is 0. The first-order chi connectivity index (χ1) is 15.0. The van der Waals surface area contributed by atoms with E-state index in [1.54, 1.807) is 37.3 Å². The molecule has 1 atom stereocenters. The van der Waals surface area contributed by atoms with Crippen molar-refractivity contribution in [3.63, 3.8) is 0 Å². The SMILES string of the molecule is CCOP(C)(=O)c1ccc(-c2cc(-c3cnc(-c4ccccn4)nc3OC)on2)cc1. The Morgan fingerprint density at radius 2 is 1.87 bits per heavy atom. The van der Waals surface area contributed by atoms with Crippen molar-refractivity contribution < 1.29 is 18.3 Å². The lowest BCUT2D eigenvalue weighted by Gasteiger charge is -2.12. The molecule has 0 aliphatic heterocycles. The molecule has 3 aromatic heterocycles. The number of methoxy groups -OCH3 is 1. The standard InChI is InChI=1S/C22H21N4O4P/c1-4-29-31(3,27)16-10-8-15(9-11-16)19-13-20(30-26-19)17-14-24-21(25-22(17)28-2)18-7-5-6-12-23-18/h5-14H,4H2,1-3H3. The summed E-state index contributed by atoms with van der Waals surface area (Å²) in [4.78, 5) is 13.1. The first kappa shape index (κ1) is 20.9. The van der Waals surface area contributed by atoms with Gasteiger partial charge in [0.05, 0.1) is 13.7 Å². The van der Waals surface area contributed by atoms with Crippen molar-refractivity contribution in [2.24, 2.45) is 0 Å². The summed E-state index contributed by atoms with van der Waals surface area (Å²) in [6, 6.07) is 14.5. The van der Waals surface area contributed by atoms with Gasteiger partial charge in [-0.25, -0.2) is 4.98 Å². The average Bonchev–Trinajstić information content (AvgIpc) is 3.29. The molecular formula is C22H21N4O4P. The summed E-state index contributed by atoms with van der Waals surface area (Å²) in [5.74, 6) is 1.28. The van der Waals surface area contributed by atoms with Crippen LogP contribution in [-0.4, -0.2) is 40.5 Å². The van der Waals surface area contributed by atoms with Gasteiger partial charge in [-0.05, 0) is 31.2 Å². The molecule has 0 aliphatic rings. The van der Waals surface area contributed by atoms with Gasteiger partial charge in [-0.2, -0.15) is 4.98 Å². The molecule has 0 fully saturated rings. The second kappa shape index (κ2) is 8.79. The fraction of sp³-hybridized carbons (Fsp3) is 0.182. The van der Waals surface area contributed by atoms with Crippen LogP contribution in [0.25, 0.3) is 34.1 Å². The van der Waals surface area contributed by atoms with E-state index in [0.29, 0.717) is 46.3 Å². The Labute approximate surface area is 179 Å². The van der Waals surface area contributed by atoms with Crippen molar-refractivity contribution in [3.8, 4) is 40.0 Å². The first-order valence-corrected chi connectivity index (χ1v) is 11.7. The molecule has 3 heterocycles. The number of pyridine rings is 1. The number of rotatable bonds is 7. The van der Waals surface area contributed by atoms with Crippen LogP contribution in [0.1, 0.15) is 6.92 Å². The Balaban J connectivity index is 1.62. The molecule has 158 valence electrons. The summed E-state index contributed by atoms with van der Waals surface area (Å²) < 4.78 is 28.9. The van der Waals surface area contributed by atoms with Crippen molar-refractivity contribution in [1.29, 1.82) is 0 Å². The van der Waals surface area contributed by atoms with E-state index >= 15 is 0 Å². The summed E-state index contributed by atoms with van der Waals surface area (Å²) in [5.41, 5.74) is 2.66. The van der Waals surface area contributed by atoms with Crippen LogP contribution in [0, 0.1) is 0 Å². The van der Waals surface area contributed by atoms with E-state index in [2.05, 4.69) is 20.1 Å². The van der Waals surface area contributed by atoms with Crippen LogP contribution in [0.2, 0.25) is 0 Å². The maximum absolute atomic E-state index is 12.6. The highest BCUT2D eigenvalue weighted by molar-refractivity contribution is 7.66. The van der Waals surface area contributed by atoms with Gasteiger partial charge in [0.2, 0.25) is 13.2 Å².